The van der Waals surface area contributed by atoms with Crippen LogP contribution in [0.25, 0.3) is 22.4 Å². The van der Waals surface area contributed by atoms with Crippen LogP contribution in [0.3, 0.4) is 0 Å². The molecule has 0 aliphatic heterocycles. The second kappa shape index (κ2) is 8.60. The first kappa shape index (κ1) is 19.5. The molecule has 0 spiro atoms. The van der Waals surface area contributed by atoms with Gasteiger partial charge in [-0.2, -0.15) is 0 Å². The van der Waals surface area contributed by atoms with E-state index < -0.39 is 0 Å². The zero-order chi connectivity index (χ0) is 20.1. The first-order valence-corrected chi connectivity index (χ1v) is 8.87. The third-order valence-corrected chi connectivity index (χ3v) is 4.32. The Morgan fingerprint density at radius 3 is 2.68 bits per heavy atom. The number of methoxy groups -OCH3 is 1. The van der Waals surface area contributed by atoms with Gasteiger partial charge in [-0.3, -0.25) is 9.59 Å². The van der Waals surface area contributed by atoms with Gasteiger partial charge in [-0.15, -0.1) is 0 Å². The summed E-state index contributed by atoms with van der Waals surface area (Å²) >= 11 is 0. The molecule has 2 heterocycles. The number of esters is 1. The fourth-order valence-corrected chi connectivity index (χ4v) is 2.84. The standard InChI is InChI=1S/C20H20FN3O4/c1-12-18-15(19(26)22-10-4-3-5-17(25)27-2)11-16(23-20(18)28-24-12)13-6-8-14(21)9-7-13/h6-9,11H,3-5,10H2,1-2H3,(H,22,26). The Morgan fingerprint density at radius 1 is 1.21 bits per heavy atom. The van der Waals surface area contributed by atoms with Crippen LogP contribution >= 0.6 is 0 Å². The summed E-state index contributed by atoms with van der Waals surface area (Å²) in [5.41, 5.74) is 2.33. The number of carbonyl (C=O) groups is 2. The summed E-state index contributed by atoms with van der Waals surface area (Å²) in [6.07, 6.45) is 1.57. The van der Waals surface area contributed by atoms with Crippen molar-refractivity contribution in [2.24, 2.45) is 0 Å². The summed E-state index contributed by atoms with van der Waals surface area (Å²) in [5.74, 6) is -0.920. The third-order valence-electron chi connectivity index (χ3n) is 4.32. The van der Waals surface area contributed by atoms with E-state index in [0.717, 1.165) is 0 Å². The normalized spacial score (nSPS) is 10.8. The highest BCUT2D eigenvalue weighted by Gasteiger charge is 2.19. The van der Waals surface area contributed by atoms with Gasteiger partial charge in [-0.05, 0) is 50.1 Å². The predicted molar refractivity (Wildman–Crippen MR) is 100 cm³/mol. The van der Waals surface area contributed by atoms with Crippen LogP contribution in [-0.4, -0.2) is 35.7 Å². The molecule has 8 heteroatoms. The number of halogens is 1. The Morgan fingerprint density at radius 2 is 1.96 bits per heavy atom. The van der Waals surface area contributed by atoms with Gasteiger partial charge in [0.2, 0.25) is 0 Å². The molecule has 2 aromatic heterocycles. The summed E-state index contributed by atoms with van der Waals surface area (Å²) in [6, 6.07) is 7.47. The van der Waals surface area contributed by atoms with Crippen molar-refractivity contribution in [1.82, 2.24) is 15.5 Å². The Labute approximate surface area is 160 Å². The number of fused-ring (bicyclic) bond motifs is 1. The van der Waals surface area contributed by atoms with E-state index in [1.54, 1.807) is 25.1 Å². The molecule has 0 aliphatic carbocycles. The van der Waals surface area contributed by atoms with Gasteiger partial charge < -0.3 is 14.6 Å². The summed E-state index contributed by atoms with van der Waals surface area (Å²) in [5, 5.41) is 7.28. The minimum atomic E-state index is -0.356. The second-order valence-corrected chi connectivity index (χ2v) is 6.30. The highest BCUT2D eigenvalue weighted by molar-refractivity contribution is 6.06. The number of unbranched alkanes of at least 4 members (excludes halogenated alkanes) is 1. The molecule has 1 N–H and O–H groups in total. The quantitative estimate of drug-likeness (QED) is 0.495. The van der Waals surface area contributed by atoms with Gasteiger partial charge >= 0.3 is 5.97 Å². The maximum atomic E-state index is 13.2. The van der Waals surface area contributed by atoms with Crippen molar-refractivity contribution in [3.05, 3.63) is 47.4 Å². The molecule has 3 aromatic rings. The molecule has 7 nitrogen and oxygen atoms in total. The summed E-state index contributed by atoms with van der Waals surface area (Å²) in [4.78, 5) is 28.3. The average Bonchev–Trinajstić information content (AvgIpc) is 3.08. The molecular formula is C20H20FN3O4. The minimum absolute atomic E-state index is 0.246. The van der Waals surface area contributed by atoms with Crippen LogP contribution in [-0.2, 0) is 9.53 Å². The number of nitrogens with one attached hydrogen (secondary N) is 1. The molecule has 1 aromatic carbocycles. The molecule has 1 amide bonds. The lowest BCUT2D eigenvalue weighted by Gasteiger charge is -2.08. The first-order valence-electron chi connectivity index (χ1n) is 8.87. The molecule has 0 aliphatic rings. The van der Waals surface area contributed by atoms with Gasteiger partial charge in [0.25, 0.3) is 11.6 Å². The molecule has 0 unspecified atom stereocenters. The number of rotatable bonds is 7. The van der Waals surface area contributed by atoms with Crippen molar-refractivity contribution in [2.75, 3.05) is 13.7 Å². The number of hydrogen-bond acceptors (Lipinski definition) is 6. The van der Waals surface area contributed by atoms with Crippen molar-refractivity contribution < 1.29 is 23.2 Å². The fourth-order valence-electron chi connectivity index (χ4n) is 2.84. The Kier molecular flexibility index (Phi) is 5.98. The molecule has 0 bridgehead atoms. The number of benzene rings is 1. The molecule has 0 fully saturated rings. The lowest BCUT2D eigenvalue weighted by atomic mass is 10.0. The van der Waals surface area contributed by atoms with E-state index >= 15 is 0 Å². The molecule has 28 heavy (non-hydrogen) atoms. The van der Waals surface area contributed by atoms with Crippen molar-refractivity contribution >= 4 is 23.0 Å². The molecule has 0 saturated carbocycles. The molecule has 0 saturated heterocycles. The monoisotopic (exact) mass is 385 g/mol. The number of carbonyl (C=O) groups excluding carboxylic acids is 2. The predicted octanol–water partition coefficient (Wildman–Crippen LogP) is 3.41. The Balaban J connectivity index is 1.80. The summed E-state index contributed by atoms with van der Waals surface area (Å²) in [7, 11) is 1.35. The van der Waals surface area contributed by atoms with E-state index in [2.05, 4.69) is 20.2 Å². The smallest absolute Gasteiger partial charge is 0.305 e. The first-order chi connectivity index (χ1) is 13.5. The van der Waals surface area contributed by atoms with Crippen LogP contribution in [0.4, 0.5) is 4.39 Å². The van der Waals surface area contributed by atoms with E-state index in [1.807, 2.05) is 0 Å². The summed E-state index contributed by atoms with van der Waals surface area (Å²) in [6.45, 7) is 2.15. The maximum absolute atomic E-state index is 13.2. The van der Waals surface area contributed by atoms with Crippen molar-refractivity contribution in [1.29, 1.82) is 0 Å². The van der Waals surface area contributed by atoms with Gasteiger partial charge in [-0.25, -0.2) is 9.37 Å². The molecule has 3 rings (SSSR count). The average molecular weight is 385 g/mol. The van der Waals surface area contributed by atoms with Gasteiger partial charge in [0.1, 0.15) is 5.82 Å². The lowest BCUT2D eigenvalue weighted by molar-refractivity contribution is -0.140. The number of amides is 1. The molecule has 146 valence electrons. The van der Waals surface area contributed by atoms with Gasteiger partial charge in [-0.1, -0.05) is 5.16 Å². The van der Waals surface area contributed by atoms with Gasteiger partial charge in [0.15, 0.2) is 0 Å². The van der Waals surface area contributed by atoms with Crippen LogP contribution < -0.4 is 5.32 Å². The van der Waals surface area contributed by atoms with Crippen LogP contribution in [0.5, 0.6) is 0 Å². The van der Waals surface area contributed by atoms with E-state index in [-0.39, 0.29) is 23.4 Å². The molecule has 0 atom stereocenters. The van der Waals surface area contributed by atoms with Gasteiger partial charge in [0, 0.05) is 18.5 Å². The van der Waals surface area contributed by atoms with Crippen LogP contribution in [0.15, 0.2) is 34.9 Å². The van der Waals surface area contributed by atoms with Crippen molar-refractivity contribution in [3.63, 3.8) is 0 Å². The van der Waals surface area contributed by atoms with E-state index in [0.29, 0.717) is 53.7 Å². The third kappa shape index (κ3) is 4.33. The zero-order valence-electron chi connectivity index (χ0n) is 15.6. The zero-order valence-corrected chi connectivity index (χ0v) is 15.6. The number of pyridine rings is 1. The SMILES string of the molecule is COC(=O)CCCCNC(=O)c1cc(-c2ccc(F)cc2)nc2onc(C)c12. The van der Waals surface area contributed by atoms with Gasteiger partial charge in [0.05, 0.1) is 29.4 Å². The minimum Gasteiger partial charge on any atom is -0.469 e. The van der Waals surface area contributed by atoms with Crippen molar-refractivity contribution in [2.45, 2.75) is 26.2 Å². The number of aryl methyl sites for hydroxylation is 1. The highest BCUT2D eigenvalue weighted by atomic mass is 19.1. The number of aromatic nitrogens is 2. The van der Waals surface area contributed by atoms with Crippen molar-refractivity contribution in [3.8, 4) is 11.3 Å². The Bertz CT molecular complexity index is 999. The van der Waals surface area contributed by atoms with Crippen LogP contribution in [0.1, 0.15) is 35.3 Å². The van der Waals surface area contributed by atoms with Crippen LogP contribution in [0.2, 0.25) is 0 Å². The second-order valence-electron chi connectivity index (χ2n) is 6.30. The largest absolute Gasteiger partial charge is 0.469 e. The van der Waals surface area contributed by atoms with E-state index in [9.17, 15) is 14.0 Å². The fraction of sp³-hybridized carbons (Fsp3) is 0.300. The Hall–Kier alpha value is -3.29. The van der Waals surface area contributed by atoms with E-state index in [4.69, 9.17) is 4.52 Å². The number of hydrogen-bond donors (Lipinski definition) is 1. The van der Waals surface area contributed by atoms with Crippen LogP contribution in [0, 0.1) is 12.7 Å². The number of ether oxygens (including phenoxy) is 1. The van der Waals surface area contributed by atoms with E-state index in [1.165, 1.54) is 19.2 Å². The maximum Gasteiger partial charge on any atom is 0.305 e. The lowest BCUT2D eigenvalue weighted by Crippen LogP contribution is -2.25. The topological polar surface area (TPSA) is 94.3 Å². The highest BCUT2D eigenvalue weighted by Crippen LogP contribution is 2.27. The summed E-state index contributed by atoms with van der Waals surface area (Å²) < 4.78 is 23.0. The molecular weight excluding hydrogens is 365 g/mol. The molecule has 0 radical (unpaired) electrons. The number of nitrogens with zero attached hydrogens (tertiary/aromatic N) is 2.